The van der Waals surface area contributed by atoms with Gasteiger partial charge in [0.25, 0.3) is 0 Å². The molecule has 0 unspecified atom stereocenters. The fraction of sp³-hybridized carbons (Fsp3) is 0.143. The van der Waals surface area contributed by atoms with Crippen molar-refractivity contribution >= 4 is 11.6 Å². The summed E-state index contributed by atoms with van der Waals surface area (Å²) in [6.45, 7) is 2.80. The molecule has 0 saturated carbocycles. The highest BCUT2D eigenvalue weighted by Gasteiger charge is 2.12. The number of rotatable bonds is 5. The molecule has 3 aromatic rings. The third kappa shape index (κ3) is 3.57. The van der Waals surface area contributed by atoms with Crippen molar-refractivity contribution in [3.8, 4) is 28.0 Å². The van der Waals surface area contributed by atoms with Gasteiger partial charge >= 0.3 is 0 Å². The van der Waals surface area contributed by atoms with Crippen molar-refractivity contribution in [1.29, 1.82) is 0 Å². The largest absolute Gasteiger partial charge is 0.493 e. The lowest BCUT2D eigenvalue weighted by molar-refractivity contribution is 0.319. The van der Waals surface area contributed by atoms with E-state index in [2.05, 4.69) is 49.4 Å². The van der Waals surface area contributed by atoms with E-state index in [-0.39, 0.29) is 0 Å². The van der Waals surface area contributed by atoms with Gasteiger partial charge in [0.2, 0.25) is 0 Å². The van der Waals surface area contributed by atoms with Crippen LogP contribution in [-0.4, -0.2) is 6.61 Å². The van der Waals surface area contributed by atoms with Gasteiger partial charge in [-0.3, -0.25) is 0 Å². The maximum atomic E-state index is 6.24. The molecule has 0 aromatic heterocycles. The molecule has 0 heterocycles. The van der Waals surface area contributed by atoms with Crippen molar-refractivity contribution in [2.24, 2.45) is 0 Å². The van der Waals surface area contributed by atoms with Crippen LogP contribution in [0.25, 0.3) is 22.3 Å². The fourth-order valence-electron chi connectivity index (χ4n) is 2.64. The Morgan fingerprint density at radius 3 is 2.22 bits per heavy atom. The zero-order chi connectivity index (χ0) is 16.1. The van der Waals surface area contributed by atoms with Crippen LogP contribution in [0.2, 0.25) is 5.02 Å². The average molecular weight is 323 g/mol. The summed E-state index contributed by atoms with van der Waals surface area (Å²) >= 11 is 6.24. The predicted molar refractivity (Wildman–Crippen MR) is 98.1 cm³/mol. The molecule has 23 heavy (non-hydrogen) atoms. The molecular formula is C21H19ClO. The van der Waals surface area contributed by atoms with E-state index in [1.807, 2.05) is 30.3 Å². The topological polar surface area (TPSA) is 9.23 Å². The van der Waals surface area contributed by atoms with E-state index in [1.165, 1.54) is 11.1 Å². The van der Waals surface area contributed by atoms with Crippen LogP contribution in [0, 0.1) is 0 Å². The minimum Gasteiger partial charge on any atom is -0.493 e. The zero-order valence-corrected chi connectivity index (χ0v) is 13.9. The van der Waals surface area contributed by atoms with Gasteiger partial charge in [0.05, 0.1) is 6.61 Å². The number of halogens is 1. The summed E-state index contributed by atoms with van der Waals surface area (Å²) in [6, 6.07) is 24.5. The normalized spacial score (nSPS) is 10.5. The second-order valence-corrected chi connectivity index (χ2v) is 5.84. The summed E-state index contributed by atoms with van der Waals surface area (Å²) < 4.78 is 5.93. The molecule has 2 heteroatoms. The molecule has 0 aliphatic carbocycles. The lowest BCUT2D eigenvalue weighted by Gasteiger charge is -2.15. The van der Waals surface area contributed by atoms with Crippen LogP contribution in [0.3, 0.4) is 0 Å². The van der Waals surface area contributed by atoms with Crippen LogP contribution in [0.15, 0.2) is 72.8 Å². The van der Waals surface area contributed by atoms with Crippen LogP contribution in [0.4, 0.5) is 0 Å². The highest BCUT2D eigenvalue weighted by atomic mass is 35.5. The minimum atomic E-state index is 0.697. The minimum absolute atomic E-state index is 0.697. The van der Waals surface area contributed by atoms with Gasteiger partial charge in [-0.1, -0.05) is 73.1 Å². The Morgan fingerprint density at radius 1 is 0.783 bits per heavy atom. The van der Waals surface area contributed by atoms with Crippen LogP contribution in [0.1, 0.15) is 13.3 Å². The SMILES string of the molecule is CCCOc1ccc(Cl)cc1-c1ccccc1-c1ccccc1. The summed E-state index contributed by atoms with van der Waals surface area (Å²) in [7, 11) is 0. The number of benzene rings is 3. The second kappa shape index (κ2) is 7.34. The summed E-state index contributed by atoms with van der Waals surface area (Å²) in [5.41, 5.74) is 4.53. The number of ether oxygens (including phenoxy) is 1. The van der Waals surface area contributed by atoms with Crippen LogP contribution >= 0.6 is 11.6 Å². The predicted octanol–water partition coefficient (Wildman–Crippen LogP) is 6.46. The van der Waals surface area contributed by atoms with Crippen molar-refractivity contribution in [1.82, 2.24) is 0 Å². The lowest BCUT2D eigenvalue weighted by atomic mass is 9.94. The Hall–Kier alpha value is -2.25. The van der Waals surface area contributed by atoms with E-state index in [0.29, 0.717) is 11.6 Å². The Balaban J connectivity index is 2.14. The van der Waals surface area contributed by atoms with Gasteiger partial charge in [-0.25, -0.2) is 0 Å². The first-order chi connectivity index (χ1) is 11.3. The monoisotopic (exact) mass is 322 g/mol. The van der Waals surface area contributed by atoms with Crippen LogP contribution < -0.4 is 4.74 Å². The Kier molecular flexibility index (Phi) is 4.99. The quantitative estimate of drug-likeness (QED) is 0.523. The van der Waals surface area contributed by atoms with Crippen molar-refractivity contribution in [3.05, 3.63) is 77.8 Å². The number of hydrogen-bond donors (Lipinski definition) is 0. The molecule has 0 radical (unpaired) electrons. The van der Waals surface area contributed by atoms with Gasteiger partial charge < -0.3 is 4.74 Å². The standard InChI is InChI=1S/C21H19ClO/c1-2-14-23-21-13-12-17(22)15-20(21)19-11-7-6-10-18(19)16-8-4-3-5-9-16/h3-13,15H,2,14H2,1H3. The summed E-state index contributed by atoms with van der Waals surface area (Å²) in [5, 5.41) is 0.715. The van der Waals surface area contributed by atoms with Crippen molar-refractivity contribution in [2.75, 3.05) is 6.61 Å². The van der Waals surface area contributed by atoms with E-state index >= 15 is 0 Å². The smallest absolute Gasteiger partial charge is 0.127 e. The maximum absolute atomic E-state index is 6.24. The molecule has 3 aromatic carbocycles. The Labute approximate surface area is 142 Å². The van der Waals surface area contributed by atoms with Crippen LogP contribution in [-0.2, 0) is 0 Å². The van der Waals surface area contributed by atoms with Gasteiger partial charge in [0.15, 0.2) is 0 Å². The third-order valence-electron chi connectivity index (χ3n) is 3.71. The Morgan fingerprint density at radius 2 is 1.48 bits per heavy atom. The average Bonchev–Trinajstić information content (AvgIpc) is 2.61. The molecule has 0 atom stereocenters. The first kappa shape index (κ1) is 15.6. The first-order valence-corrected chi connectivity index (χ1v) is 8.24. The molecule has 0 aliphatic rings. The highest BCUT2D eigenvalue weighted by molar-refractivity contribution is 6.31. The van der Waals surface area contributed by atoms with E-state index in [9.17, 15) is 0 Å². The molecular weight excluding hydrogens is 304 g/mol. The number of hydrogen-bond acceptors (Lipinski definition) is 1. The summed E-state index contributed by atoms with van der Waals surface area (Å²) in [5.74, 6) is 0.875. The molecule has 0 fully saturated rings. The fourth-order valence-corrected chi connectivity index (χ4v) is 2.81. The molecule has 0 saturated heterocycles. The van der Waals surface area contributed by atoms with Gasteiger partial charge in [0, 0.05) is 10.6 Å². The van der Waals surface area contributed by atoms with E-state index < -0.39 is 0 Å². The summed E-state index contributed by atoms with van der Waals surface area (Å²) in [6.07, 6.45) is 0.975. The van der Waals surface area contributed by atoms with Gasteiger partial charge in [-0.15, -0.1) is 0 Å². The van der Waals surface area contributed by atoms with Crippen molar-refractivity contribution < 1.29 is 4.74 Å². The first-order valence-electron chi connectivity index (χ1n) is 7.86. The molecule has 0 aliphatic heterocycles. The second-order valence-electron chi connectivity index (χ2n) is 5.40. The van der Waals surface area contributed by atoms with Gasteiger partial charge in [-0.2, -0.15) is 0 Å². The molecule has 0 spiro atoms. The van der Waals surface area contributed by atoms with Crippen molar-refractivity contribution in [3.63, 3.8) is 0 Å². The molecule has 3 rings (SSSR count). The van der Waals surface area contributed by atoms with E-state index in [0.717, 1.165) is 23.3 Å². The van der Waals surface area contributed by atoms with E-state index in [4.69, 9.17) is 16.3 Å². The molecule has 116 valence electrons. The highest BCUT2D eigenvalue weighted by Crippen LogP contribution is 2.38. The molecule has 0 amide bonds. The zero-order valence-electron chi connectivity index (χ0n) is 13.1. The molecule has 0 bridgehead atoms. The van der Waals surface area contributed by atoms with E-state index in [1.54, 1.807) is 0 Å². The summed E-state index contributed by atoms with van der Waals surface area (Å²) in [4.78, 5) is 0. The van der Waals surface area contributed by atoms with Crippen LogP contribution in [0.5, 0.6) is 5.75 Å². The van der Waals surface area contributed by atoms with Crippen molar-refractivity contribution in [2.45, 2.75) is 13.3 Å². The Bertz CT molecular complexity index is 781. The lowest BCUT2D eigenvalue weighted by Crippen LogP contribution is -1.97. The third-order valence-corrected chi connectivity index (χ3v) is 3.94. The van der Waals surface area contributed by atoms with Gasteiger partial charge in [0.1, 0.15) is 5.75 Å². The van der Waals surface area contributed by atoms with Gasteiger partial charge in [-0.05, 0) is 41.3 Å². The maximum Gasteiger partial charge on any atom is 0.127 e. The molecule has 0 N–H and O–H groups in total. The molecule has 1 nitrogen and oxygen atoms in total.